The molecule has 0 atom stereocenters. The van der Waals surface area contributed by atoms with Crippen LogP contribution in [0.4, 0.5) is 11.4 Å². The van der Waals surface area contributed by atoms with Crippen molar-refractivity contribution in [3.05, 3.63) is 90.8 Å². The number of anilines is 2. The smallest absolute Gasteiger partial charge is 0.261 e. The molecule has 2 aromatic heterocycles. The summed E-state index contributed by atoms with van der Waals surface area (Å²) in [6, 6.07) is 14.8. The van der Waals surface area contributed by atoms with Gasteiger partial charge in [-0.15, -0.1) is 0 Å². The van der Waals surface area contributed by atoms with E-state index in [0.29, 0.717) is 5.69 Å². The summed E-state index contributed by atoms with van der Waals surface area (Å²) >= 11 is 0. The van der Waals surface area contributed by atoms with Gasteiger partial charge in [-0.3, -0.25) is 14.5 Å². The van der Waals surface area contributed by atoms with E-state index in [-0.39, 0.29) is 16.1 Å². The molecule has 0 saturated carbocycles. The van der Waals surface area contributed by atoms with Crippen molar-refractivity contribution in [2.75, 3.05) is 10.0 Å². The molecule has 1 amide bonds. The van der Waals surface area contributed by atoms with Gasteiger partial charge < -0.3 is 5.32 Å². The van der Waals surface area contributed by atoms with Crippen molar-refractivity contribution in [3.63, 3.8) is 0 Å². The number of sulfonamides is 1. The third-order valence-corrected chi connectivity index (χ3v) is 5.83. The van der Waals surface area contributed by atoms with E-state index in [1.807, 2.05) is 6.92 Å². The number of nitrogens with zero attached hydrogens (tertiary/aromatic N) is 4. The quantitative estimate of drug-likeness (QED) is 0.481. The van der Waals surface area contributed by atoms with Crippen LogP contribution in [-0.2, 0) is 10.0 Å². The fourth-order valence-corrected chi connectivity index (χ4v) is 3.90. The van der Waals surface area contributed by atoms with E-state index >= 15 is 0 Å². The first-order chi connectivity index (χ1) is 14.9. The van der Waals surface area contributed by atoms with Crippen LogP contribution in [0.5, 0.6) is 0 Å². The van der Waals surface area contributed by atoms with Crippen molar-refractivity contribution in [2.24, 2.45) is 0 Å². The summed E-state index contributed by atoms with van der Waals surface area (Å²) in [4.78, 5) is 20.7. The Bertz CT molecular complexity index is 1300. The molecule has 2 heterocycles. The molecule has 4 rings (SSSR count). The van der Waals surface area contributed by atoms with Gasteiger partial charge in [0.25, 0.3) is 15.9 Å². The molecule has 2 N–H and O–H groups in total. The number of rotatable bonds is 6. The summed E-state index contributed by atoms with van der Waals surface area (Å²) in [5, 5.41) is 6.80. The Morgan fingerprint density at radius 3 is 2.39 bits per heavy atom. The number of carbonyl (C=O) groups excluding carboxylic acids is 1. The summed E-state index contributed by atoms with van der Waals surface area (Å²) in [6.07, 6.45) is 5.72. The predicted octanol–water partition coefficient (Wildman–Crippen LogP) is 3.02. The lowest BCUT2D eigenvalue weighted by Gasteiger charge is -2.13. The number of aryl methyl sites for hydroxylation is 1. The number of carbonyl (C=O) groups is 1. The third-order valence-electron chi connectivity index (χ3n) is 4.45. The first-order valence-corrected chi connectivity index (χ1v) is 10.7. The molecule has 0 bridgehead atoms. The van der Waals surface area contributed by atoms with E-state index in [0.717, 1.165) is 11.3 Å². The van der Waals surface area contributed by atoms with Gasteiger partial charge in [-0.25, -0.2) is 18.1 Å². The molecule has 0 fully saturated rings. The van der Waals surface area contributed by atoms with Gasteiger partial charge in [0.15, 0.2) is 0 Å². The highest BCUT2D eigenvalue weighted by Gasteiger charge is 2.19. The van der Waals surface area contributed by atoms with Crippen LogP contribution in [0.15, 0.2) is 84.5 Å². The molecule has 10 heteroatoms. The topological polar surface area (TPSA) is 119 Å². The summed E-state index contributed by atoms with van der Waals surface area (Å²) in [7, 11) is -3.88. The molecule has 156 valence electrons. The summed E-state index contributed by atoms with van der Waals surface area (Å²) < 4.78 is 29.5. The predicted molar refractivity (Wildman–Crippen MR) is 116 cm³/mol. The zero-order valence-electron chi connectivity index (χ0n) is 16.4. The molecule has 0 saturated heterocycles. The van der Waals surface area contributed by atoms with E-state index in [1.54, 1.807) is 47.4 Å². The standard InChI is InChI=1S/C21H18N6O3S/c1-15-2-8-18(9-3-15)31(29,30)26-20-12-22-11-10-19(20)21(28)25-16-4-6-17(7-5-16)27-14-23-13-24-27/h2-14,26H,1H3,(H,25,28). The van der Waals surface area contributed by atoms with Crippen molar-refractivity contribution in [3.8, 4) is 5.69 Å². The lowest BCUT2D eigenvalue weighted by atomic mass is 10.2. The second-order valence-electron chi connectivity index (χ2n) is 6.68. The number of amides is 1. The van der Waals surface area contributed by atoms with Crippen LogP contribution in [0, 0.1) is 6.92 Å². The highest BCUT2D eigenvalue weighted by atomic mass is 32.2. The van der Waals surface area contributed by atoms with E-state index in [2.05, 4.69) is 25.1 Å². The fourth-order valence-electron chi connectivity index (χ4n) is 2.83. The Labute approximate surface area is 178 Å². The molecule has 0 radical (unpaired) electrons. The SMILES string of the molecule is Cc1ccc(S(=O)(=O)Nc2cnccc2C(=O)Nc2ccc(-n3cncn3)cc2)cc1. The summed E-state index contributed by atoms with van der Waals surface area (Å²) in [5.74, 6) is -0.475. The maximum Gasteiger partial charge on any atom is 0.261 e. The molecule has 4 aromatic rings. The van der Waals surface area contributed by atoms with Crippen LogP contribution < -0.4 is 10.0 Å². The molecule has 2 aromatic carbocycles. The van der Waals surface area contributed by atoms with Gasteiger partial charge in [0, 0.05) is 11.9 Å². The monoisotopic (exact) mass is 434 g/mol. The lowest BCUT2D eigenvalue weighted by molar-refractivity contribution is 0.102. The van der Waals surface area contributed by atoms with E-state index < -0.39 is 15.9 Å². The highest BCUT2D eigenvalue weighted by molar-refractivity contribution is 7.92. The Morgan fingerprint density at radius 2 is 1.71 bits per heavy atom. The van der Waals surface area contributed by atoms with E-state index in [1.165, 1.54) is 36.9 Å². The first kappa shape index (κ1) is 20.2. The van der Waals surface area contributed by atoms with Gasteiger partial charge >= 0.3 is 0 Å². The second kappa shape index (κ2) is 8.36. The number of pyridine rings is 1. The van der Waals surface area contributed by atoms with Crippen LogP contribution >= 0.6 is 0 Å². The van der Waals surface area contributed by atoms with E-state index in [4.69, 9.17) is 0 Å². The number of aromatic nitrogens is 4. The molecule has 0 spiro atoms. The number of hydrogen-bond acceptors (Lipinski definition) is 6. The Balaban J connectivity index is 1.54. The van der Waals surface area contributed by atoms with Gasteiger partial charge in [0.05, 0.1) is 28.0 Å². The number of nitrogens with one attached hydrogen (secondary N) is 2. The normalized spacial score (nSPS) is 11.1. The Hall–Kier alpha value is -4.05. The molecule has 31 heavy (non-hydrogen) atoms. The van der Waals surface area contributed by atoms with Crippen LogP contribution in [0.2, 0.25) is 0 Å². The second-order valence-corrected chi connectivity index (χ2v) is 8.36. The largest absolute Gasteiger partial charge is 0.322 e. The molecule has 9 nitrogen and oxygen atoms in total. The maximum absolute atomic E-state index is 12.8. The van der Waals surface area contributed by atoms with Crippen LogP contribution in [0.3, 0.4) is 0 Å². The maximum atomic E-state index is 12.8. The third kappa shape index (κ3) is 4.59. The molecular weight excluding hydrogens is 416 g/mol. The minimum absolute atomic E-state index is 0.0832. The summed E-state index contributed by atoms with van der Waals surface area (Å²) in [6.45, 7) is 1.87. The van der Waals surface area contributed by atoms with Gasteiger partial charge in [0.2, 0.25) is 0 Å². The van der Waals surface area contributed by atoms with Crippen molar-refractivity contribution in [2.45, 2.75) is 11.8 Å². The zero-order chi connectivity index (χ0) is 21.8. The minimum atomic E-state index is -3.88. The van der Waals surface area contributed by atoms with Gasteiger partial charge in [-0.05, 0) is 49.4 Å². The Morgan fingerprint density at radius 1 is 0.968 bits per heavy atom. The number of hydrogen-bond donors (Lipinski definition) is 2. The van der Waals surface area contributed by atoms with Crippen LogP contribution in [0.25, 0.3) is 5.69 Å². The number of benzene rings is 2. The van der Waals surface area contributed by atoms with E-state index in [9.17, 15) is 13.2 Å². The molecule has 0 aliphatic heterocycles. The van der Waals surface area contributed by atoms with Crippen molar-refractivity contribution in [1.29, 1.82) is 0 Å². The average molecular weight is 434 g/mol. The zero-order valence-corrected chi connectivity index (χ0v) is 17.2. The van der Waals surface area contributed by atoms with Gasteiger partial charge in [-0.1, -0.05) is 17.7 Å². The van der Waals surface area contributed by atoms with Gasteiger partial charge in [0.1, 0.15) is 12.7 Å². The van der Waals surface area contributed by atoms with Gasteiger partial charge in [-0.2, -0.15) is 5.10 Å². The van der Waals surface area contributed by atoms with Crippen molar-refractivity contribution >= 4 is 27.3 Å². The van der Waals surface area contributed by atoms with Crippen molar-refractivity contribution < 1.29 is 13.2 Å². The first-order valence-electron chi connectivity index (χ1n) is 9.22. The molecular formula is C21H18N6O3S. The van der Waals surface area contributed by atoms with Crippen molar-refractivity contribution in [1.82, 2.24) is 19.7 Å². The Kier molecular flexibility index (Phi) is 5.46. The lowest BCUT2D eigenvalue weighted by Crippen LogP contribution is -2.19. The van der Waals surface area contributed by atoms with Crippen LogP contribution in [-0.4, -0.2) is 34.1 Å². The summed E-state index contributed by atoms with van der Waals surface area (Å²) in [5.41, 5.74) is 2.49. The average Bonchev–Trinajstić information content (AvgIpc) is 3.29. The minimum Gasteiger partial charge on any atom is -0.322 e. The molecule has 0 aliphatic carbocycles. The highest BCUT2D eigenvalue weighted by Crippen LogP contribution is 2.21. The molecule has 0 aliphatic rings. The molecule has 0 unspecified atom stereocenters. The fraction of sp³-hybridized carbons (Fsp3) is 0.0476. The van der Waals surface area contributed by atoms with Crippen LogP contribution in [0.1, 0.15) is 15.9 Å².